The van der Waals surface area contributed by atoms with Crippen LogP contribution >= 0.6 is 11.6 Å². The van der Waals surface area contributed by atoms with E-state index in [-0.39, 0.29) is 5.92 Å². The van der Waals surface area contributed by atoms with Crippen molar-refractivity contribution >= 4 is 22.4 Å². The van der Waals surface area contributed by atoms with Crippen molar-refractivity contribution in [1.82, 2.24) is 0 Å². The van der Waals surface area contributed by atoms with Crippen molar-refractivity contribution in [2.45, 2.75) is 51.4 Å². The molecule has 2 atom stereocenters. The fourth-order valence-corrected chi connectivity index (χ4v) is 4.73. The van der Waals surface area contributed by atoms with Crippen molar-refractivity contribution < 1.29 is 8.78 Å². The van der Waals surface area contributed by atoms with Gasteiger partial charge in [0.05, 0.1) is 0 Å². The number of unbranched alkanes of at least 4 members (excludes halogenated alkanes) is 2. The summed E-state index contributed by atoms with van der Waals surface area (Å²) in [7, 11) is 0. The van der Waals surface area contributed by atoms with Crippen LogP contribution in [0.15, 0.2) is 48.5 Å². The van der Waals surface area contributed by atoms with Crippen LogP contribution in [-0.2, 0) is 6.42 Å². The molecule has 0 nitrogen and oxygen atoms in total. The van der Waals surface area contributed by atoms with E-state index >= 15 is 0 Å². The average molecular weight is 423 g/mol. The summed E-state index contributed by atoms with van der Waals surface area (Å²) < 4.78 is 27.7. The lowest BCUT2D eigenvalue weighted by atomic mass is 9.72. The minimum Gasteiger partial charge on any atom is -0.205 e. The Morgan fingerprint density at radius 2 is 1.80 bits per heavy atom. The summed E-state index contributed by atoms with van der Waals surface area (Å²) in [5.41, 5.74) is 2.96. The molecule has 0 radical (unpaired) electrons. The van der Waals surface area contributed by atoms with Crippen molar-refractivity contribution in [2.75, 3.05) is 0 Å². The average Bonchev–Trinajstić information content (AvgIpc) is 2.76. The molecule has 0 fully saturated rings. The molecule has 0 spiro atoms. The number of halogens is 3. The van der Waals surface area contributed by atoms with Gasteiger partial charge < -0.3 is 0 Å². The van der Waals surface area contributed by atoms with Gasteiger partial charge in [-0.3, -0.25) is 0 Å². The zero-order chi connectivity index (χ0) is 21.1. The predicted molar refractivity (Wildman–Crippen MR) is 121 cm³/mol. The maximum Gasteiger partial charge on any atom is 0.146 e. The van der Waals surface area contributed by atoms with Gasteiger partial charge in [-0.1, -0.05) is 86.0 Å². The first-order chi connectivity index (χ1) is 14.6. The number of rotatable bonds is 4. The minimum absolute atomic E-state index is 0.0667. The molecule has 1 aliphatic rings. The number of hydrogen-bond donors (Lipinski definition) is 0. The third-order valence-electron chi connectivity index (χ3n) is 6.18. The van der Waals surface area contributed by atoms with E-state index in [2.05, 4.69) is 55.2 Å². The summed E-state index contributed by atoms with van der Waals surface area (Å²) in [6.45, 7) is 2.21. The first-order valence-corrected chi connectivity index (χ1v) is 11.1. The highest BCUT2D eigenvalue weighted by atomic mass is 35.5. The van der Waals surface area contributed by atoms with Crippen LogP contribution in [0, 0.1) is 29.4 Å². The number of aryl methyl sites for hydroxylation is 1. The molecule has 0 N–H and O–H groups in total. The van der Waals surface area contributed by atoms with Gasteiger partial charge in [0.2, 0.25) is 0 Å². The highest BCUT2D eigenvalue weighted by Gasteiger charge is 2.29. The molecule has 0 aromatic heterocycles. The molecule has 0 aliphatic heterocycles. The van der Waals surface area contributed by atoms with Crippen LogP contribution in [0.2, 0.25) is 5.02 Å². The monoisotopic (exact) mass is 422 g/mol. The van der Waals surface area contributed by atoms with Crippen LogP contribution in [0.1, 0.15) is 61.6 Å². The zero-order valence-electron chi connectivity index (χ0n) is 17.2. The Labute approximate surface area is 182 Å². The normalized spacial score (nSPS) is 18.0. The molecular formula is C27H25ClF2. The van der Waals surface area contributed by atoms with E-state index in [1.807, 2.05) is 0 Å². The largest absolute Gasteiger partial charge is 0.205 e. The van der Waals surface area contributed by atoms with Crippen LogP contribution in [-0.4, -0.2) is 0 Å². The SMILES string of the molecule is CCCCC[C@@H]1CCc2c(ccc3ccccc23)[C@H]1C#Cc1cc(F)c(Cl)c(F)c1. The van der Waals surface area contributed by atoms with Crippen molar-refractivity contribution in [3.05, 3.63) is 81.9 Å². The van der Waals surface area contributed by atoms with Gasteiger partial charge in [0.25, 0.3) is 0 Å². The van der Waals surface area contributed by atoms with Crippen molar-refractivity contribution in [3.8, 4) is 11.8 Å². The topological polar surface area (TPSA) is 0 Å². The van der Waals surface area contributed by atoms with E-state index < -0.39 is 16.7 Å². The third kappa shape index (κ3) is 4.23. The molecule has 0 saturated heterocycles. The van der Waals surface area contributed by atoms with Gasteiger partial charge in [-0.05, 0) is 59.2 Å². The van der Waals surface area contributed by atoms with Gasteiger partial charge >= 0.3 is 0 Å². The molecule has 0 amide bonds. The lowest BCUT2D eigenvalue weighted by Gasteiger charge is -2.31. The van der Waals surface area contributed by atoms with Gasteiger partial charge in [0.15, 0.2) is 0 Å². The van der Waals surface area contributed by atoms with Crippen LogP contribution in [0.5, 0.6) is 0 Å². The third-order valence-corrected chi connectivity index (χ3v) is 6.54. The van der Waals surface area contributed by atoms with E-state index in [9.17, 15) is 8.78 Å². The van der Waals surface area contributed by atoms with Crippen LogP contribution < -0.4 is 0 Å². The number of benzene rings is 3. The Bertz CT molecular complexity index is 1100. The van der Waals surface area contributed by atoms with Gasteiger partial charge in [-0.2, -0.15) is 0 Å². The van der Waals surface area contributed by atoms with E-state index in [4.69, 9.17) is 11.6 Å². The molecule has 4 rings (SSSR count). The molecule has 0 unspecified atom stereocenters. The summed E-state index contributed by atoms with van der Waals surface area (Å²) in [4.78, 5) is 0. The van der Waals surface area contributed by atoms with Crippen LogP contribution in [0.25, 0.3) is 10.8 Å². The Kier molecular flexibility index (Phi) is 6.40. The molecular weight excluding hydrogens is 398 g/mol. The number of fused-ring (bicyclic) bond motifs is 3. The second kappa shape index (κ2) is 9.19. The Balaban J connectivity index is 1.75. The number of hydrogen-bond acceptors (Lipinski definition) is 0. The molecule has 30 heavy (non-hydrogen) atoms. The molecule has 3 aromatic rings. The van der Waals surface area contributed by atoms with Crippen LogP contribution in [0.3, 0.4) is 0 Å². The molecule has 1 aliphatic carbocycles. The first-order valence-electron chi connectivity index (χ1n) is 10.7. The zero-order valence-corrected chi connectivity index (χ0v) is 17.9. The molecule has 3 heteroatoms. The Hall–Kier alpha value is -2.37. The summed E-state index contributed by atoms with van der Waals surface area (Å²) in [6.07, 6.45) is 6.86. The van der Waals surface area contributed by atoms with E-state index in [0.29, 0.717) is 11.5 Å². The fourth-order valence-electron chi connectivity index (χ4n) is 4.63. The second-order valence-corrected chi connectivity index (χ2v) is 8.53. The minimum atomic E-state index is -0.768. The Morgan fingerprint density at radius 3 is 2.57 bits per heavy atom. The molecule has 3 aromatic carbocycles. The maximum absolute atomic E-state index is 13.9. The Morgan fingerprint density at radius 1 is 1.03 bits per heavy atom. The standard InChI is InChI=1S/C27H25ClF2/c1-2-3-4-7-20-12-14-23-21-9-6-5-8-19(21)11-15-24(23)22(20)13-10-18-16-25(29)27(28)26(30)17-18/h5-6,8-9,11,15-17,20,22H,2-4,7,12,14H2,1H3/t20-,22+/m1/s1. The van der Waals surface area contributed by atoms with Gasteiger partial charge in [0.1, 0.15) is 16.7 Å². The van der Waals surface area contributed by atoms with Gasteiger partial charge in [-0.25, -0.2) is 8.78 Å². The van der Waals surface area contributed by atoms with Gasteiger partial charge in [0, 0.05) is 11.5 Å². The van der Waals surface area contributed by atoms with Crippen molar-refractivity contribution in [3.63, 3.8) is 0 Å². The highest BCUT2D eigenvalue weighted by Crippen LogP contribution is 2.41. The molecule has 0 bridgehead atoms. The summed E-state index contributed by atoms with van der Waals surface area (Å²) in [6, 6.07) is 15.3. The smallest absolute Gasteiger partial charge is 0.146 e. The summed E-state index contributed by atoms with van der Waals surface area (Å²) in [5, 5.41) is 2.05. The summed E-state index contributed by atoms with van der Waals surface area (Å²) in [5.74, 6) is 5.42. The molecule has 0 heterocycles. The molecule has 0 saturated carbocycles. The summed E-state index contributed by atoms with van der Waals surface area (Å²) >= 11 is 5.62. The maximum atomic E-state index is 13.9. The quantitative estimate of drug-likeness (QED) is 0.226. The fraction of sp³-hybridized carbons (Fsp3) is 0.333. The van der Waals surface area contributed by atoms with Crippen LogP contribution in [0.4, 0.5) is 8.78 Å². The van der Waals surface area contributed by atoms with E-state index in [1.165, 1.54) is 53.3 Å². The lowest BCUT2D eigenvalue weighted by molar-refractivity contribution is 0.382. The van der Waals surface area contributed by atoms with E-state index in [0.717, 1.165) is 19.3 Å². The lowest BCUT2D eigenvalue weighted by Crippen LogP contribution is -2.20. The van der Waals surface area contributed by atoms with E-state index in [1.54, 1.807) is 0 Å². The predicted octanol–water partition coefficient (Wildman–Crippen LogP) is 8.05. The highest BCUT2D eigenvalue weighted by molar-refractivity contribution is 6.30. The van der Waals surface area contributed by atoms with Crippen molar-refractivity contribution in [2.24, 2.45) is 5.92 Å². The molecule has 154 valence electrons. The first kappa shape index (κ1) is 20.9. The second-order valence-electron chi connectivity index (χ2n) is 8.15. The van der Waals surface area contributed by atoms with Crippen molar-refractivity contribution in [1.29, 1.82) is 0 Å². The van der Waals surface area contributed by atoms with Gasteiger partial charge in [-0.15, -0.1) is 0 Å².